The van der Waals surface area contributed by atoms with E-state index in [-0.39, 0.29) is 16.5 Å². The van der Waals surface area contributed by atoms with Gasteiger partial charge in [-0.15, -0.1) is 0 Å². The zero-order valence-electron chi connectivity index (χ0n) is 15.7. The Morgan fingerprint density at radius 3 is 2.17 bits per heavy atom. The molecular weight excluding hydrogens is 471 g/mol. The molecule has 0 saturated heterocycles. The number of rotatable bonds is 5. The highest BCUT2D eigenvalue weighted by Crippen LogP contribution is 2.29. The molecule has 0 radical (unpaired) electrons. The summed E-state index contributed by atoms with van der Waals surface area (Å²) in [4.78, 5) is 8.92. The van der Waals surface area contributed by atoms with Crippen molar-refractivity contribution in [3.8, 4) is 0 Å². The monoisotopic (exact) mass is 486 g/mol. The number of halogens is 2. The Morgan fingerprint density at radius 1 is 0.900 bits per heavy atom. The summed E-state index contributed by atoms with van der Waals surface area (Å²) in [5, 5.41) is 3.16. The first-order valence-corrected chi connectivity index (χ1v) is 11.2. The molecule has 152 valence electrons. The highest BCUT2D eigenvalue weighted by atomic mass is 79.9. The number of hydrogen-bond acceptors (Lipinski definition) is 5. The predicted molar refractivity (Wildman–Crippen MR) is 119 cm³/mol. The number of aryl methyl sites for hydroxylation is 1. The van der Waals surface area contributed by atoms with Crippen LogP contribution in [0.4, 0.5) is 21.7 Å². The molecule has 0 bridgehead atoms. The number of aromatic nitrogens is 2. The Bertz CT molecular complexity index is 1350. The van der Waals surface area contributed by atoms with E-state index in [9.17, 15) is 12.8 Å². The van der Waals surface area contributed by atoms with E-state index in [1.165, 1.54) is 12.1 Å². The van der Waals surface area contributed by atoms with Crippen molar-refractivity contribution in [2.24, 2.45) is 0 Å². The van der Waals surface area contributed by atoms with Crippen LogP contribution in [0.3, 0.4) is 0 Å². The normalized spacial score (nSPS) is 11.4. The largest absolute Gasteiger partial charge is 0.337 e. The summed E-state index contributed by atoms with van der Waals surface area (Å²) in [6, 6.07) is 17.4. The first-order valence-electron chi connectivity index (χ1n) is 8.90. The Kier molecular flexibility index (Phi) is 5.40. The van der Waals surface area contributed by atoms with Crippen molar-refractivity contribution in [3.63, 3.8) is 0 Å². The molecule has 0 atom stereocenters. The number of hydrogen-bond donors (Lipinski definition) is 2. The molecule has 0 fully saturated rings. The standard InChI is InChI=1S/C21H16BrFN4O2S/c1-13-12-14(22)6-11-17(13)24-20-21(26-19-5-3-2-4-18(19)25-20)27-30(28,29)16-9-7-15(23)8-10-16/h2-12H,1H3,(H,24,25)(H,26,27). The van der Waals surface area contributed by atoms with E-state index in [0.717, 1.165) is 27.9 Å². The van der Waals surface area contributed by atoms with Gasteiger partial charge in [-0.3, -0.25) is 4.72 Å². The Morgan fingerprint density at radius 2 is 1.53 bits per heavy atom. The maximum Gasteiger partial charge on any atom is 0.263 e. The van der Waals surface area contributed by atoms with Crippen LogP contribution in [0.5, 0.6) is 0 Å². The quantitative estimate of drug-likeness (QED) is 0.395. The Hall–Kier alpha value is -3.04. The third-order valence-corrected chi connectivity index (χ3v) is 6.22. The first-order chi connectivity index (χ1) is 14.3. The van der Waals surface area contributed by atoms with Crippen LogP contribution in [-0.2, 0) is 10.0 Å². The summed E-state index contributed by atoms with van der Waals surface area (Å²) in [6.07, 6.45) is 0. The first kappa shape index (κ1) is 20.2. The molecule has 0 unspecified atom stereocenters. The number of fused-ring (bicyclic) bond motifs is 1. The van der Waals surface area contributed by atoms with Crippen LogP contribution in [0, 0.1) is 12.7 Å². The van der Waals surface area contributed by atoms with Crippen molar-refractivity contribution in [3.05, 3.63) is 82.6 Å². The lowest BCUT2D eigenvalue weighted by Crippen LogP contribution is -2.16. The molecule has 30 heavy (non-hydrogen) atoms. The lowest BCUT2D eigenvalue weighted by atomic mass is 10.2. The molecule has 0 aliphatic rings. The van der Waals surface area contributed by atoms with Gasteiger partial charge in [-0.25, -0.2) is 22.8 Å². The third kappa shape index (κ3) is 4.27. The maximum atomic E-state index is 13.2. The number of benzene rings is 3. The van der Waals surface area contributed by atoms with Crippen molar-refractivity contribution in [1.29, 1.82) is 0 Å². The number of para-hydroxylation sites is 2. The summed E-state index contributed by atoms with van der Waals surface area (Å²) in [6.45, 7) is 1.92. The van der Waals surface area contributed by atoms with Crippen LogP contribution < -0.4 is 10.0 Å². The fraction of sp³-hybridized carbons (Fsp3) is 0.0476. The highest BCUT2D eigenvalue weighted by molar-refractivity contribution is 9.10. The summed E-state index contributed by atoms with van der Waals surface area (Å²) >= 11 is 3.43. The summed E-state index contributed by atoms with van der Waals surface area (Å²) in [7, 11) is -4.00. The lowest BCUT2D eigenvalue weighted by Gasteiger charge is -2.15. The van der Waals surface area contributed by atoms with E-state index >= 15 is 0 Å². The molecular formula is C21H16BrFN4O2S. The minimum Gasteiger partial charge on any atom is -0.337 e. The predicted octanol–water partition coefficient (Wildman–Crippen LogP) is 5.38. The van der Waals surface area contributed by atoms with Crippen LogP contribution >= 0.6 is 15.9 Å². The van der Waals surface area contributed by atoms with Gasteiger partial charge in [0.2, 0.25) is 0 Å². The maximum absolute atomic E-state index is 13.2. The van der Waals surface area contributed by atoms with E-state index in [2.05, 4.69) is 35.9 Å². The van der Waals surface area contributed by atoms with Crippen molar-refractivity contribution < 1.29 is 12.8 Å². The topological polar surface area (TPSA) is 84.0 Å². The van der Waals surface area contributed by atoms with Crippen LogP contribution in [0.2, 0.25) is 0 Å². The van der Waals surface area contributed by atoms with E-state index in [0.29, 0.717) is 11.0 Å². The van der Waals surface area contributed by atoms with Gasteiger partial charge in [0.1, 0.15) is 5.82 Å². The van der Waals surface area contributed by atoms with Crippen molar-refractivity contribution in [2.45, 2.75) is 11.8 Å². The molecule has 6 nitrogen and oxygen atoms in total. The van der Waals surface area contributed by atoms with Crippen molar-refractivity contribution >= 4 is 54.3 Å². The second kappa shape index (κ2) is 8.00. The number of sulfonamides is 1. The Balaban J connectivity index is 1.79. The minimum absolute atomic E-state index is 0.0420. The number of nitrogens with zero attached hydrogens (tertiary/aromatic N) is 2. The molecule has 4 rings (SSSR count). The van der Waals surface area contributed by atoms with Gasteiger partial charge in [0.05, 0.1) is 15.9 Å². The smallest absolute Gasteiger partial charge is 0.263 e. The van der Waals surface area contributed by atoms with E-state index in [1.807, 2.05) is 31.2 Å². The van der Waals surface area contributed by atoms with Gasteiger partial charge in [0.15, 0.2) is 11.6 Å². The van der Waals surface area contributed by atoms with Gasteiger partial charge in [-0.05, 0) is 67.1 Å². The van der Waals surface area contributed by atoms with Crippen LogP contribution in [0.1, 0.15) is 5.56 Å². The molecule has 2 N–H and O–H groups in total. The average Bonchev–Trinajstić information content (AvgIpc) is 2.70. The fourth-order valence-corrected chi connectivity index (χ4v) is 4.34. The molecule has 1 aromatic heterocycles. The molecule has 0 spiro atoms. The van der Waals surface area contributed by atoms with E-state index in [1.54, 1.807) is 18.2 Å². The second-order valence-corrected chi connectivity index (χ2v) is 9.15. The molecule has 4 aromatic rings. The molecule has 0 amide bonds. The van der Waals surface area contributed by atoms with Crippen LogP contribution in [-0.4, -0.2) is 18.4 Å². The highest BCUT2D eigenvalue weighted by Gasteiger charge is 2.19. The summed E-state index contributed by atoms with van der Waals surface area (Å²) < 4.78 is 42.3. The van der Waals surface area contributed by atoms with Crippen LogP contribution in [0.25, 0.3) is 11.0 Å². The average molecular weight is 487 g/mol. The van der Waals surface area contributed by atoms with E-state index in [4.69, 9.17) is 0 Å². The fourth-order valence-electron chi connectivity index (χ4n) is 2.85. The molecule has 0 aliphatic heterocycles. The minimum atomic E-state index is -4.00. The van der Waals surface area contributed by atoms with Gasteiger partial charge in [0, 0.05) is 10.2 Å². The summed E-state index contributed by atoms with van der Waals surface area (Å²) in [5.41, 5.74) is 2.84. The zero-order valence-corrected chi connectivity index (χ0v) is 18.1. The van der Waals surface area contributed by atoms with Gasteiger partial charge < -0.3 is 5.32 Å². The molecule has 0 aliphatic carbocycles. The lowest BCUT2D eigenvalue weighted by molar-refractivity contribution is 0.599. The van der Waals surface area contributed by atoms with Gasteiger partial charge >= 0.3 is 0 Å². The molecule has 3 aromatic carbocycles. The van der Waals surface area contributed by atoms with Gasteiger partial charge in [-0.1, -0.05) is 28.1 Å². The van der Waals surface area contributed by atoms with Crippen molar-refractivity contribution in [2.75, 3.05) is 10.0 Å². The third-order valence-electron chi connectivity index (χ3n) is 4.37. The van der Waals surface area contributed by atoms with Gasteiger partial charge in [0.25, 0.3) is 10.0 Å². The van der Waals surface area contributed by atoms with Gasteiger partial charge in [-0.2, -0.15) is 0 Å². The number of nitrogens with one attached hydrogen (secondary N) is 2. The molecule has 1 heterocycles. The van der Waals surface area contributed by atoms with E-state index < -0.39 is 15.8 Å². The van der Waals surface area contributed by atoms with Crippen molar-refractivity contribution in [1.82, 2.24) is 9.97 Å². The zero-order chi connectivity index (χ0) is 21.3. The second-order valence-electron chi connectivity index (χ2n) is 6.55. The molecule has 0 saturated carbocycles. The number of anilines is 3. The SMILES string of the molecule is Cc1cc(Br)ccc1Nc1nc2ccccc2nc1NS(=O)(=O)c1ccc(F)cc1. The van der Waals surface area contributed by atoms with Crippen LogP contribution in [0.15, 0.2) is 76.1 Å². The summed E-state index contributed by atoms with van der Waals surface area (Å²) in [5.74, 6) is -0.224. The Labute approximate surface area is 181 Å². The molecule has 9 heteroatoms.